The predicted molar refractivity (Wildman–Crippen MR) is 174 cm³/mol. The molecule has 2 N–H and O–H groups in total. The second-order valence-corrected chi connectivity index (χ2v) is 14.5. The van der Waals surface area contributed by atoms with Gasteiger partial charge >= 0.3 is 0 Å². The summed E-state index contributed by atoms with van der Waals surface area (Å²) in [5.41, 5.74) is 4.47. The number of aromatic nitrogens is 1. The topological polar surface area (TPSA) is 103 Å². The Morgan fingerprint density at radius 1 is 1.07 bits per heavy atom. The quantitative estimate of drug-likeness (QED) is 0.276. The Bertz CT molecular complexity index is 1640. The number of H-pyrrole nitrogens is 1. The highest BCUT2D eigenvalue weighted by Crippen LogP contribution is 2.86. The number of amides is 3. The summed E-state index contributed by atoms with van der Waals surface area (Å²) in [4.78, 5) is 56.3. The lowest BCUT2D eigenvalue weighted by Crippen LogP contribution is -2.70. The number of benzene rings is 2. The van der Waals surface area contributed by atoms with Gasteiger partial charge in [-0.05, 0) is 72.1 Å². The number of likely N-dealkylation sites (tertiary alicyclic amines) is 1. The van der Waals surface area contributed by atoms with Gasteiger partial charge < -0.3 is 20.1 Å². The average Bonchev–Trinajstić information content (AvgIpc) is 3.72. The summed E-state index contributed by atoms with van der Waals surface area (Å²) in [5.74, 6) is 0.296. The number of hydrogen-bond acceptors (Lipinski definition) is 4. The van der Waals surface area contributed by atoms with Crippen LogP contribution in [0.5, 0.6) is 0 Å². The number of nitrogens with one attached hydrogen (secondary N) is 2. The van der Waals surface area contributed by atoms with Crippen molar-refractivity contribution in [3.8, 4) is 0 Å². The molecule has 3 amide bonds. The third kappa shape index (κ3) is 4.79. The summed E-state index contributed by atoms with van der Waals surface area (Å²) in [7, 11) is 1.77. The molecule has 8 heteroatoms. The molecule has 7 rings (SSSR count). The Hall–Kier alpha value is -3.94. The largest absolute Gasteiger partial charge is 0.361 e. The fraction of sp³-hybridized carbons (Fsp3) is 0.514. The van der Waals surface area contributed by atoms with Gasteiger partial charge in [-0.1, -0.05) is 63.2 Å². The molecular formula is C37H46N4O4. The molecule has 4 fully saturated rings. The number of likely N-dealkylation sites (N-methyl/N-ethyl adjacent to an activating group) is 1. The molecule has 1 aromatic heterocycles. The van der Waals surface area contributed by atoms with Gasteiger partial charge in [-0.25, -0.2) is 0 Å². The van der Waals surface area contributed by atoms with Gasteiger partial charge in [0.2, 0.25) is 18.2 Å². The smallest absolute Gasteiger partial charge is 0.245 e. The van der Waals surface area contributed by atoms with Gasteiger partial charge in [0.05, 0.1) is 0 Å². The van der Waals surface area contributed by atoms with Crippen LogP contribution < -0.4 is 5.32 Å². The van der Waals surface area contributed by atoms with Crippen LogP contribution in [0.3, 0.4) is 0 Å². The van der Waals surface area contributed by atoms with Gasteiger partial charge in [0, 0.05) is 55.6 Å². The summed E-state index contributed by atoms with van der Waals surface area (Å²) in [6, 6.07) is 15.3. The lowest BCUT2D eigenvalue weighted by atomic mass is 9.28. The van der Waals surface area contributed by atoms with E-state index in [1.807, 2.05) is 66.6 Å². The fourth-order valence-electron chi connectivity index (χ4n) is 9.35. The molecule has 3 aromatic rings. The summed E-state index contributed by atoms with van der Waals surface area (Å²) in [5, 5.41) is 3.75. The Kier molecular flexibility index (Phi) is 7.90. The van der Waals surface area contributed by atoms with Crippen molar-refractivity contribution in [2.45, 2.75) is 72.4 Å². The van der Waals surface area contributed by atoms with Gasteiger partial charge in [0.25, 0.3) is 0 Å². The first-order valence-corrected chi connectivity index (χ1v) is 16.3. The molecule has 2 aromatic carbocycles. The Morgan fingerprint density at radius 3 is 2.42 bits per heavy atom. The van der Waals surface area contributed by atoms with Crippen LogP contribution in [0.25, 0.3) is 10.9 Å². The fourth-order valence-corrected chi connectivity index (χ4v) is 9.35. The minimum atomic E-state index is -0.597. The van der Waals surface area contributed by atoms with Crippen molar-refractivity contribution in [1.82, 2.24) is 20.1 Å². The van der Waals surface area contributed by atoms with E-state index in [1.54, 1.807) is 11.9 Å². The minimum Gasteiger partial charge on any atom is -0.361 e. The molecule has 45 heavy (non-hydrogen) atoms. The SMILES string of the molecule is CC12C[C@]3(C)CC(C(C(=O)N4CCCC4)C1=O)C23C.Cc1ccccc1CN(C)C(=O)[C@H](Cc1c[nH]c2ccccc12)NC=O. The van der Waals surface area contributed by atoms with E-state index in [2.05, 4.69) is 31.1 Å². The Labute approximate surface area is 265 Å². The first-order chi connectivity index (χ1) is 21.4. The molecular weight excluding hydrogens is 564 g/mol. The summed E-state index contributed by atoms with van der Waals surface area (Å²) in [6.07, 6.45) is 7.22. The van der Waals surface area contributed by atoms with E-state index in [0.29, 0.717) is 30.7 Å². The highest BCUT2D eigenvalue weighted by atomic mass is 16.2. The molecule has 6 atom stereocenters. The molecule has 4 unspecified atom stereocenters. The lowest BCUT2D eigenvalue weighted by Gasteiger charge is -2.74. The highest BCUT2D eigenvalue weighted by molar-refractivity contribution is 6.08. The maximum Gasteiger partial charge on any atom is 0.245 e. The first-order valence-electron chi connectivity index (χ1n) is 16.3. The van der Waals surface area contributed by atoms with E-state index < -0.39 is 6.04 Å². The van der Waals surface area contributed by atoms with E-state index >= 15 is 0 Å². The lowest BCUT2D eigenvalue weighted by molar-refractivity contribution is -0.270. The van der Waals surface area contributed by atoms with Crippen LogP contribution in [-0.2, 0) is 32.1 Å². The van der Waals surface area contributed by atoms with Crippen LogP contribution in [0, 0.1) is 35.0 Å². The van der Waals surface area contributed by atoms with Crippen molar-refractivity contribution in [3.05, 3.63) is 71.4 Å². The van der Waals surface area contributed by atoms with Crippen molar-refractivity contribution in [2.75, 3.05) is 20.1 Å². The molecule has 238 valence electrons. The Morgan fingerprint density at radius 2 is 1.76 bits per heavy atom. The van der Waals surface area contributed by atoms with E-state index in [4.69, 9.17) is 0 Å². The average molecular weight is 611 g/mol. The van der Waals surface area contributed by atoms with E-state index in [1.165, 1.54) is 0 Å². The zero-order valence-electron chi connectivity index (χ0n) is 27.2. The molecule has 3 saturated carbocycles. The van der Waals surface area contributed by atoms with Gasteiger partial charge in [0.15, 0.2) is 5.78 Å². The summed E-state index contributed by atoms with van der Waals surface area (Å²) < 4.78 is 0. The van der Waals surface area contributed by atoms with Crippen LogP contribution in [0.4, 0.5) is 0 Å². The molecule has 1 aliphatic heterocycles. The summed E-state index contributed by atoms with van der Waals surface area (Å²) >= 11 is 0. The number of nitrogens with zero attached hydrogens (tertiary/aromatic N) is 2. The number of aryl methyl sites for hydroxylation is 1. The van der Waals surface area contributed by atoms with Crippen molar-refractivity contribution >= 4 is 34.9 Å². The molecule has 1 saturated heterocycles. The van der Waals surface area contributed by atoms with Gasteiger partial charge in [-0.15, -0.1) is 0 Å². The van der Waals surface area contributed by atoms with Crippen molar-refractivity contribution in [3.63, 3.8) is 0 Å². The van der Waals surface area contributed by atoms with Crippen LogP contribution >= 0.6 is 0 Å². The monoisotopic (exact) mass is 610 g/mol. The molecule has 8 nitrogen and oxygen atoms in total. The van der Waals surface area contributed by atoms with Crippen LogP contribution in [-0.4, -0.2) is 65.0 Å². The Balaban J connectivity index is 0.000000166. The zero-order chi connectivity index (χ0) is 32.1. The number of carbonyl (C=O) groups is 4. The first kappa shape index (κ1) is 31.1. The minimum absolute atomic E-state index is 0.0944. The van der Waals surface area contributed by atoms with E-state index in [9.17, 15) is 19.2 Å². The maximum absolute atomic E-state index is 12.9. The van der Waals surface area contributed by atoms with Gasteiger partial charge in [0.1, 0.15) is 12.0 Å². The normalized spacial score (nSPS) is 30.0. The van der Waals surface area contributed by atoms with Gasteiger partial charge in [-0.2, -0.15) is 0 Å². The number of fused-ring (bicyclic) bond motifs is 1. The van der Waals surface area contributed by atoms with Crippen molar-refractivity contribution in [2.24, 2.45) is 28.1 Å². The number of para-hydroxylation sites is 1. The molecule has 3 aliphatic carbocycles. The third-order valence-electron chi connectivity index (χ3n) is 12.2. The number of hydrogen-bond donors (Lipinski definition) is 2. The molecule has 4 aliphatic rings. The maximum atomic E-state index is 12.9. The second-order valence-electron chi connectivity index (χ2n) is 14.5. The summed E-state index contributed by atoms with van der Waals surface area (Å²) in [6.45, 7) is 10.9. The predicted octanol–water partition coefficient (Wildman–Crippen LogP) is 5.04. The zero-order valence-corrected chi connectivity index (χ0v) is 27.2. The van der Waals surface area contributed by atoms with Gasteiger partial charge in [-0.3, -0.25) is 19.2 Å². The molecule has 0 radical (unpaired) electrons. The molecule has 0 bridgehead atoms. The van der Waals surface area contributed by atoms with Crippen molar-refractivity contribution in [1.29, 1.82) is 0 Å². The highest BCUT2D eigenvalue weighted by Gasteiger charge is 2.85. The van der Waals surface area contributed by atoms with Crippen LogP contribution in [0.2, 0.25) is 0 Å². The molecule has 2 heterocycles. The number of carbonyl (C=O) groups excluding carboxylic acids is 4. The van der Waals surface area contributed by atoms with Crippen LogP contribution in [0.15, 0.2) is 54.7 Å². The third-order valence-corrected chi connectivity index (χ3v) is 12.2. The number of ketones is 1. The van der Waals surface area contributed by atoms with Crippen molar-refractivity contribution < 1.29 is 19.2 Å². The molecule has 0 spiro atoms. The van der Waals surface area contributed by atoms with Crippen LogP contribution in [0.1, 0.15) is 63.1 Å². The van der Waals surface area contributed by atoms with E-state index in [-0.39, 0.29) is 34.3 Å². The standard InChI is InChI=1S/C21H23N3O2.C16H23NO2/c1-15-7-3-4-8-16(15)13-24(2)21(26)20(23-14-25)11-17-12-22-19-10-6-5-9-18(17)19;1-14-8-10-11(13(19)17-6-4-5-7-17)12(18)15(2,9-14)16(10,14)3/h3-10,12,14,20,22H,11,13H2,1-2H3,(H,23,25);10-11H,4-9H2,1-3H3/t20-;10?,11?,14-,15?,16?/m00/s1. The second kappa shape index (κ2) is 11.5. The number of Topliss-reactive ketones (excluding diaryl/α,β-unsaturated/α-hetero) is 1. The number of rotatable bonds is 8. The number of aromatic amines is 1. The van der Waals surface area contributed by atoms with E-state index in [0.717, 1.165) is 66.4 Å².